The molecule has 4 heteroatoms. The Kier molecular flexibility index (Phi) is 2.85. The van der Waals surface area contributed by atoms with Crippen molar-refractivity contribution in [1.29, 1.82) is 0 Å². The molecule has 0 aromatic heterocycles. The van der Waals surface area contributed by atoms with Crippen LogP contribution in [0.4, 0.5) is 0 Å². The van der Waals surface area contributed by atoms with Crippen LogP contribution in [0.25, 0.3) is 0 Å². The lowest BCUT2D eigenvalue weighted by atomic mass is 10.3. The zero-order chi connectivity index (χ0) is 8.97. The van der Waals surface area contributed by atoms with Crippen molar-refractivity contribution in [2.45, 2.75) is 0 Å². The van der Waals surface area contributed by atoms with Crippen molar-refractivity contribution >= 4 is 12.3 Å². The first-order valence-corrected chi connectivity index (χ1v) is 3.82. The highest BCUT2D eigenvalue weighted by Gasteiger charge is 2.17. The van der Waals surface area contributed by atoms with Crippen molar-refractivity contribution in [2.24, 2.45) is 0 Å². The minimum atomic E-state index is -0.0689. The maximum absolute atomic E-state index is 11.1. The van der Waals surface area contributed by atoms with Crippen molar-refractivity contribution < 1.29 is 9.59 Å². The molecule has 1 saturated heterocycles. The lowest BCUT2D eigenvalue weighted by Gasteiger charge is -2.31. The molecule has 0 N–H and O–H groups in total. The third kappa shape index (κ3) is 1.84. The van der Waals surface area contributed by atoms with Gasteiger partial charge in [0.2, 0.25) is 5.91 Å². The van der Waals surface area contributed by atoms with E-state index in [0.29, 0.717) is 26.2 Å². The summed E-state index contributed by atoms with van der Waals surface area (Å²) >= 11 is 0. The van der Waals surface area contributed by atoms with E-state index < -0.39 is 0 Å². The first-order chi connectivity index (χ1) is 5.77. The minimum absolute atomic E-state index is 0.0689. The highest BCUT2D eigenvalue weighted by molar-refractivity contribution is 5.87. The SMILES string of the molecule is C=CC(=O)N1CCN([C]=O)CC1. The first kappa shape index (κ1) is 8.77. The number of carbonyl (C=O) groups excluding carboxylic acids is 2. The fraction of sp³-hybridized carbons (Fsp3) is 0.500. The van der Waals surface area contributed by atoms with Gasteiger partial charge in [-0.2, -0.15) is 0 Å². The lowest BCUT2D eigenvalue weighted by molar-refractivity contribution is -0.127. The van der Waals surface area contributed by atoms with E-state index in [4.69, 9.17) is 0 Å². The van der Waals surface area contributed by atoms with E-state index in [1.807, 2.05) is 0 Å². The van der Waals surface area contributed by atoms with Crippen LogP contribution in [-0.4, -0.2) is 48.3 Å². The van der Waals surface area contributed by atoms with Gasteiger partial charge in [-0.1, -0.05) is 6.58 Å². The topological polar surface area (TPSA) is 40.6 Å². The molecule has 65 valence electrons. The van der Waals surface area contributed by atoms with Crippen molar-refractivity contribution in [3.63, 3.8) is 0 Å². The quantitative estimate of drug-likeness (QED) is 0.514. The third-order valence-corrected chi connectivity index (χ3v) is 1.90. The van der Waals surface area contributed by atoms with Gasteiger partial charge in [-0.3, -0.25) is 9.59 Å². The third-order valence-electron chi connectivity index (χ3n) is 1.90. The molecule has 0 atom stereocenters. The van der Waals surface area contributed by atoms with Crippen molar-refractivity contribution in [1.82, 2.24) is 9.80 Å². The Labute approximate surface area is 71.4 Å². The van der Waals surface area contributed by atoms with E-state index in [1.54, 1.807) is 11.3 Å². The summed E-state index contributed by atoms with van der Waals surface area (Å²) in [5.74, 6) is -0.0689. The largest absolute Gasteiger partial charge is 0.336 e. The molecule has 0 aliphatic carbocycles. The Balaban J connectivity index is 2.40. The normalized spacial score (nSPS) is 17.3. The zero-order valence-electron chi connectivity index (χ0n) is 6.82. The van der Waals surface area contributed by atoms with Crippen LogP contribution < -0.4 is 0 Å². The van der Waals surface area contributed by atoms with Crippen LogP contribution in [0.5, 0.6) is 0 Å². The van der Waals surface area contributed by atoms with Gasteiger partial charge in [-0.15, -0.1) is 0 Å². The molecule has 12 heavy (non-hydrogen) atoms. The maximum Gasteiger partial charge on any atom is 0.312 e. The van der Waals surface area contributed by atoms with Gasteiger partial charge in [0, 0.05) is 26.2 Å². The molecule has 1 radical (unpaired) electrons. The van der Waals surface area contributed by atoms with Crippen molar-refractivity contribution in [3.05, 3.63) is 12.7 Å². The summed E-state index contributed by atoms with van der Waals surface area (Å²) in [5, 5.41) is 0. The molecule has 0 saturated carbocycles. The van der Waals surface area contributed by atoms with Gasteiger partial charge in [0.15, 0.2) is 0 Å². The van der Waals surface area contributed by atoms with E-state index in [0.717, 1.165) is 0 Å². The summed E-state index contributed by atoms with van der Waals surface area (Å²) in [4.78, 5) is 24.4. The van der Waals surface area contributed by atoms with E-state index in [2.05, 4.69) is 6.58 Å². The average molecular weight is 167 g/mol. The van der Waals surface area contributed by atoms with E-state index in [9.17, 15) is 9.59 Å². The standard InChI is InChI=1S/C8H11N2O2/c1-2-8(12)10-5-3-9(7-11)4-6-10/h2H,1,3-6H2. The van der Waals surface area contributed by atoms with E-state index in [1.165, 1.54) is 11.0 Å². The molecule has 1 rings (SSSR count). The fourth-order valence-electron chi connectivity index (χ4n) is 1.15. The van der Waals surface area contributed by atoms with Gasteiger partial charge in [-0.05, 0) is 6.08 Å². The van der Waals surface area contributed by atoms with Crippen LogP contribution in [-0.2, 0) is 9.59 Å². The van der Waals surface area contributed by atoms with Crippen molar-refractivity contribution in [3.8, 4) is 0 Å². The summed E-state index contributed by atoms with van der Waals surface area (Å²) < 4.78 is 0. The van der Waals surface area contributed by atoms with Gasteiger partial charge in [0.25, 0.3) is 0 Å². The Morgan fingerprint density at radius 3 is 2.33 bits per heavy atom. The highest BCUT2D eigenvalue weighted by Crippen LogP contribution is 1.99. The molecule has 2 amide bonds. The molecular weight excluding hydrogens is 156 g/mol. The van der Waals surface area contributed by atoms with Crippen LogP contribution in [0.3, 0.4) is 0 Å². The Morgan fingerprint density at radius 1 is 1.33 bits per heavy atom. The monoisotopic (exact) mass is 167 g/mol. The molecule has 0 aromatic carbocycles. The first-order valence-electron chi connectivity index (χ1n) is 3.82. The fourth-order valence-corrected chi connectivity index (χ4v) is 1.15. The number of nitrogens with zero attached hydrogens (tertiary/aromatic N) is 2. The molecule has 1 heterocycles. The Bertz CT molecular complexity index is 195. The second kappa shape index (κ2) is 3.90. The highest BCUT2D eigenvalue weighted by atomic mass is 16.2. The van der Waals surface area contributed by atoms with Gasteiger partial charge in [0.05, 0.1) is 0 Å². The van der Waals surface area contributed by atoms with Crippen LogP contribution in [0.2, 0.25) is 0 Å². The Morgan fingerprint density at radius 2 is 1.92 bits per heavy atom. The number of hydrogen-bond acceptors (Lipinski definition) is 2. The predicted octanol–water partition coefficient (Wildman–Crippen LogP) is -0.616. The van der Waals surface area contributed by atoms with Crippen LogP contribution in [0.15, 0.2) is 12.7 Å². The lowest BCUT2D eigenvalue weighted by Crippen LogP contribution is -2.47. The van der Waals surface area contributed by atoms with E-state index in [-0.39, 0.29) is 5.91 Å². The van der Waals surface area contributed by atoms with Gasteiger partial charge >= 0.3 is 6.41 Å². The summed E-state index contributed by atoms with van der Waals surface area (Å²) in [6.07, 6.45) is 3.09. The van der Waals surface area contributed by atoms with Crippen molar-refractivity contribution in [2.75, 3.05) is 26.2 Å². The number of hydrogen-bond donors (Lipinski definition) is 0. The number of carbonyl (C=O) groups is 1. The summed E-state index contributed by atoms with van der Waals surface area (Å²) in [7, 11) is 0. The molecule has 1 fully saturated rings. The summed E-state index contributed by atoms with van der Waals surface area (Å²) in [5.41, 5.74) is 0. The van der Waals surface area contributed by atoms with Gasteiger partial charge in [-0.25, -0.2) is 0 Å². The van der Waals surface area contributed by atoms with Crippen LogP contribution in [0, 0.1) is 0 Å². The molecule has 4 nitrogen and oxygen atoms in total. The average Bonchev–Trinajstić information content (AvgIpc) is 2.17. The summed E-state index contributed by atoms with van der Waals surface area (Å²) in [6.45, 7) is 5.70. The minimum Gasteiger partial charge on any atom is -0.336 e. The molecule has 1 aliphatic heterocycles. The van der Waals surface area contributed by atoms with Crippen LogP contribution in [0.1, 0.15) is 0 Å². The molecular formula is C8H11N2O2. The van der Waals surface area contributed by atoms with E-state index >= 15 is 0 Å². The number of piperazine rings is 1. The maximum atomic E-state index is 11.1. The Hall–Kier alpha value is -1.32. The van der Waals surface area contributed by atoms with Gasteiger partial charge in [0.1, 0.15) is 0 Å². The predicted molar refractivity (Wildman–Crippen MR) is 44.0 cm³/mol. The van der Waals surface area contributed by atoms with Crippen LogP contribution >= 0.6 is 0 Å². The molecule has 0 spiro atoms. The smallest absolute Gasteiger partial charge is 0.312 e. The van der Waals surface area contributed by atoms with Gasteiger partial charge < -0.3 is 9.80 Å². The molecule has 1 aliphatic rings. The molecule has 0 aromatic rings. The summed E-state index contributed by atoms with van der Waals surface area (Å²) in [6, 6.07) is 0. The zero-order valence-corrected chi connectivity index (χ0v) is 6.82. The number of amides is 2. The molecule has 0 unspecified atom stereocenters. The second-order valence-corrected chi connectivity index (χ2v) is 2.61. The number of rotatable bonds is 2. The second-order valence-electron chi connectivity index (χ2n) is 2.61. The molecule has 0 bridgehead atoms.